The van der Waals surface area contributed by atoms with Gasteiger partial charge in [0.2, 0.25) is 0 Å². The summed E-state index contributed by atoms with van der Waals surface area (Å²) in [6.45, 7) is 0. The van der Waals surface area contributed by atoms with Gasteiger partial charge in [0.05, 0.1) is 5.41 Å². The standard InChI is InChI=1S/C59H37NO2/c1-2-14-41(15-3-1)59(52-20-7-4-16-46(52)51-19-10-12-40-13-11-21-53(59)58(40)51)42-28-24-38(25-29-42)39-26-30-43(31-27-39)60(44-32-34-49-47-17-5-8-22-54(47)61-56(49)36-44)45-33-35-50-48-18-6-9-23-55(48)62-57(50)37-45/h1-37H. The van der Waals surface area contributed by atoms with Crippen LogP contribution < -0.4 is 4.90 Å². The lowest BCUT2D eigenvalue weighted by Gasteiger charge is -2.42. The van der Waals surface area contributed by atoms with Crippen molar-refractivity contribution in [1.82, 2.24) is 0 Å². The fourth-order valence-electron chi connectivity index (χ4n) is 10.4. The van der Waals surface area contributed by atoms with E-state index >= 15 is 0 Å². The van der Waals surface area contributed by atoms with Crippen LogP contribution in [0.2, 0.25) is 0 Å². The second-order valence-electron chi connectivity index (χ2n) is 16.4. The van der Waals surface area contributed by atoms with Crippen molar-refractivity contribution >= 4 is 71.7 Å². The van der Waals surface area contributed by atoms with E-state index in [0.29, 0.717) is 0 Å². The Bertz CT molecular complexity index is 3570. The number of hydrogen-bond acceptors (Lipinski definition) is 3. The molecular formula is C59H37NO2. The van der Waals surface area contributed by atoms with Crippen molar-refractivity contribution < 1.29 is 8.83 Å². The molecule has 13 rings (SSSR count). The molecule has 0 aliphatic heterocycles. The molecular weight excluding hydrogens is 755 g/mol. The van der Waals surface area contributed by atoms with E-state index in [9.17, 15) is 0 Å². The topological polar surface area (TPSA) is 29.5 Å². The lowest BCUT2D eigenvalue weighted by atomic mass is 9.59. The van der Waals surface area contributed by atoms with Gasteiger partial charge in [0.1, 0.15) is 22.3 Å². The van der Waals surface area contributed by atoms with E-state index in [1.165, 1.54) is 44.2 Å². The maximum Gasteiger partial charge on any atom is 0.137 e. The first kappa shape index (κ1) is 34.7. The SMILES string of the molecule is c1ccc(C2(c3ccc(-c4ccc(N(c5ccc6c(c5)oc5ccccc56)c5ccc6c(c5)oc5ccccc56)cc4)cc3)c3ccccc3-c3cccc4cccc2c34)cc1. The van der Waals surface area contributed by atoms with Gasteiger partial charge < -0.3 is 13.7 Å². The van der Waals surface area contributed by atoms with Crippen molar-refractivity contribution in [1.29, 1.82) is 0 Å². The minimum absolute atomic E-state index is 0.503. The molecule has 0 saturated carbocycles. The summed E-state index contributed by atoms with van der Waals surface area (Å²) in [7, 11) is 0. The smallest absolute Gasteiger partial charge is 0.137 e. The third-order valence-corrected chi connectivity index (χ3v) is 13.2. The Morgan fingerprint density at radius 3 is 1.47 bits per heavy atom. The highest BCUT2D eigenvalue weighted by Gasteiger charge is 2.44. The first-order valence-corrected chi connectivity index (χ1v) is 21.2. The highest BCUT2D eigenvalue weighted by atomic mass is 16.3. The van der Waals surface area contributed by atoms with Gasteiger partial charge in [-0.3, -0.25) is 0 Å². The number of furan rings is 2. The van der Waals surface area contributed by atoms with E-state index in [-0.39, 0.29) is 0 Å². The zero-order valence-electron chi connectivity index (χ0n) is 33.6. The zero-order chi connectivity index (χ0) is 40.8. The van der Waals surface area contributed by atoms with Crippen LogP contribution in [0.5, 0.6) is 0 Å². The summed E-state index contributed by atoms with van der Waals surface area (Å²) in [5, 5.41) is 7.01. The number of anilines is 3. The highest BCUT2D eigenvalue weighted by molar-refractivity contribution is 6.08. The summed E-state index contributed by atoms with van der Waals surface area (Å²) in [5.74, 6) is 0. The quantitative estimate of drug-likeness (QED) is 0.168. The van der Waals surface area contributed by atoms with Crippen LogP contribution >= 0.6 is 0 Å². The molecule has 10 aromatic carbocycles. The van der Waals surface area contributed by atoms with Crippen LogP contribution in [0.4, 0.5) is 17.1 Å². The van der Waals surface area contributed by atoms with Crippen LogP contribution in [-0.2, 0) is 5.41 Å². The van der Waals surface area contributed by atoms with Gasteiger partial charge >= 0.3 is 0 Å². The first-order valence-electron chi connectivity index (χ1n) is 21.2. The molecule has 2 heterocycles. The third-order valence-electron chi connectivity index (χ3n) is 13.2. The fraction of sp³-hybridized carbons (Fsp3) is 0.0169. The van der Waals surface area contributed by atoms with E-state index < -0.39 is 5.41 Å². The van der Waals surface area contributed by atoms with E-state index in [4.69, 9.17) is 8.83 Å². The van der Waals surface area contributed by atoms with Gasteiger partial charge in [0.25, 0.3) is 0 Å². The molecule has 0 saturated heterocycles. The number of fused-ring (bicyclic) bond motifs is 8. The predicted octanol–water partition coefficient (Wildman–Crippen LogP) is 16.1. The van der Waals surface area contributed by atoms with Crippen molar-refractivity contribution in [3.63, 3.8) is 0 Å². The molecule has 0 N–H and O–H groups in total. The van der Waals surface area contributed by atoms with Gasteiger partial charge in [0.15, 0.2) is 0 Å². The van der Waals surface area contributed by atoms with Crippen LogP contribution in [0.3, 0.4) is 0 Å². The molecule has 1 atom stereocenters. The molecule has 3 nitrogen and oxygen atoms in total. The van der Waals surface area contributed by atoms with Gasteiger partial charge in [-0.05, 0) is 104 Å². The molecule has 1 aliphatic rings. The molecule has 1 aliphatic carbocycles. The predicted molar refractivity (Wildman–Crippen MR) is 256 cm³/mol. The molecule has 2 aromatic heterocycles. The summed E-state index contributed by atoms with van der Waals surface area (Å²) in [4.78, 5) is 2.29. The van der Waals surface area contributed by atoms with E-state index in [1.54, 1.807) is 0 Å². The van der Waals surface area contributed by atoms with Crippen molar-refractivity contribution in [2.75, 3.05) is 4.90 Å². The Morgan fingerprint density at radius 2 is 0.806 bits per heavy atom. The Balaban J connectivity index is 0.931. The van der Waals surface area contributed by atoms with Crippen molar-refractivity contribution in [2.45, 2.75) is 5.41 Å². The minimum Gasteiger partial charge on any atom is -0.456 e. The van der Waals surface area contributed by atoms with Crippen molar-refractivity contribution in [3.8, 4) is 22.3 Å². The number of nitrogens with zero attached hydrogens (tertiary/aromatic N) is 1. The average Bonchev–Trinajstić information content (AvgIpc) is 3.90. The summed E-state index contributed by atoms with van der Waals surface area (Å²) in [6, 6.07) is 81.2. The Kier molecular flexibility index (Phi) is 7.52. The van der Waals surface area contributed by atoms with Gasteiger partial charge in [-0.15, -0.1) is 0 Å². The molecule has 0 spiro atoms. The van der Waals surface area contributed by atoms with Crippen LogP contribution in [-0.4, -0.2) is 0 Å². The number of benzene rings is 10. The number of hydrogen-bond donors (Lipinski definition) is 0. The minimum atomic E-state index is -0.503. The largest absolute Gasteiger partial charge is 0.456 e. The molecule has 3 heteroatoms. The first-order chi connectivity index (χ1) is 30.7. The lowest BCUT2D eigenvalue weighted by Crippen LogP contribution is -2.33. The summed E-state index contributed by atoms with van der Waals surface area (Å²) in [6.07, 6.45) is 0. The van der Waals surface area contributed by atoms with E-state index in [0.717, 1.165) is 72.1 Å². The Labute approximate surface area is 358 Å². The van der Waals surface area contributed by atoms with E-state index in [1.807, 2.05) is 24.3 Å². The van der Waals surface area contributed by atoms with E-state index in [2.05, 4.69) is 205 Å². The number of rotatable bonds is 6. The maximum atomic E-state index is 6.40. The van der Waals surface area contributed by atoms with Gasteiger partial charge in [0, 0.05) is 50.7 Å². The van der Waals surface area contributed by atoms with Gasteiger partial charge in [-0.2, -0.15) is 0 Å². The summed E-state index contributed by atoms with van der Waals surface area (Å²) < 4.78 is 12.8. The second-order valence-corrected chi connectivity index (χ2v) is 16.4. The maximum absolute atomic E-state index is 6.40. The third kappa shape index (κ3) is 5.06. The molecule has 0 amide bonds. The zero-order valence-corrected chi connectivity index (χ0v) is 33.6. The number of para-hydroxylation sites is 2. The monoisotopic (exact) mass is 791 g/mol. The molecule has 290 valence electrons. The van der Waals surface area contributed by atoms with Gasteiger partial charge in [-0.25, -0.2) is 0 Å². The summed E-state index contributed by atoms with van der Waals surface area (Å²) >= 11 is 0. The molecule has 0 fully saturated rings. The summed E-state index contributed by atoms with van der Waals surface area (Å²) in [5.41, 5.74) is 16.0. The average molecular weight is 792 g/mol. The Morgan fingerprint density at radius 1 is 0.323 bits per heavy atom. The van der Waals surface area contributed by atoms with Crippen molar-refractivity contribution in [3.05, 3.63) is 247 Å². The fourth-order valence-corrected chi connectivity index (χ4v) is 10.4. The Hall–Kier alpha value is -8.14. The molecule has 0 bridgehead atoms. The van der Waals surface area contributed by atoms with Gasteiger partial charge in [-0.1, -0.05) is 164 Å². The normalized spacial score (nSPS) is 14.5. The highest BCUT2D eigenvalue weighted by Crippen LogP contribution is 2.55. The molecule has 0 radical (unpaired) electrons. The van der Waals surface area contributed by atoms with Crippen LogP contribution in [0, 0.1) is 0 Å². The van der Waals surface area contributed by atoms with Crippen LogP contribution in [0.15, 0.2) is 233 Å². The molecule has 12 aromatic rings. The lowest BCUT2D eigenvalue weighted by molar-refractivity contribution is 0.669. The second kappa shape index (κ2) is 13.4. The van der Waals surface area contributed by atoms with Crippen LogP contribution in [0.1, 0.15) is 22.3 Å². The molecule has 1 unspecified atom stereocenters. The molecule has 62 heavy (non-hydrogen) atoms. The van der Waals surface area contributed by atoms with Crippen LogP contribution in [0.25, 0.3) is 76.9 Å². The van der Waals surface area contributed by atoms with Crippen molar-refractivity contribution in [2.24, 2.45) is 0 Å².